The average molecular weight is 259 g/mol. The monoisotopic (exact) mass is 258 g/mol. The van der Waals surface area contributed by atoms with E-state index in [9.17, 15) is 4.79 Å². The smallest absolute Gasteiger partial charge is 0.267 e. The highest BCUT2D eigenvalue weighted by Crippen LogP contribution is 2.14. The van der Waals surface area contributed by atoms with Gasteiger partial charge in [-0.15, -0.1) is 0 Å². The summed E-state index contributed by atoms with van der Waals surface area (Å²) < 4.78 is 0. The number of rotatable bonds is 3. The van der Waals surface area contributed by atoms with E-state index >= 15 is 0 Å². The van der Waals surface area contributed by atoms with Crippen molar-refractivity contribution in [3.63, 3.8) is 0 Å². The van der Waals surface area contributed by atoms with Gasteiger partial charge in [-0.3, -0.25) is 4.79 Å². The molecule has 3 nitrogen and oxygen atoms in total. The second-order valence-corrected chi connectivity index (χ2v) is 4.00. The Morgan fingerprint density at radius 3 is 2.44 bits per heavy atom. The fourth-order valence-electron chi connectivity index (χ4n) is 1.41. The van der Waals surface area contributed by atoms with Crippen LogP contribution in [0.2, 0.25) is 5.02 Å². The number of halogens is 1. The fourth-order valence-corrected chi connectivity index (χ4v) is 1.63. The Balaban J connectivity index is 2.01. The minimum Gasteiger partial charge on any atom is -0.267 e. The van der Waals surface area contributed by atoms with Gasteiger partial charge in [0.25, 0.3) is 5.91 Å². The minimum absolute atomic E-state index is 0.326. The van der Waals surface area contributed by atoms with Crippen molar-refractivity contribution in [1.82, 2.24) is 5.43 Å². The summed E-state index contributed by atoms with van der Waals surface area (Å²) in [6.07, 6.45) is 1.58. The van der Waals surface area contributed by atoms with E-state index in [2.05, 4.69) is 10.5 Å². The van der Waals surface area contributed by atoms with Crippen LogP contribution in [0, 0.1) is 0 Å². The third-order valence-electron chi connectivity index (χ3n) is 2.30. The minimum atomic E-state index is -0.326. The Labute approximate surface area is 110 Å². The molecule has 18 heavy (non-hydrogen) atoms. The third kappa shape index (κ3) is 3.18. The maximum Gasteiger partial charge on any atom is 0.272 e. The molecule has 0 unspecified atom stereocenters. The van der Waals surface area contributed by atoms with Gasteiger partial charge in [-0.2, -0.15) is 5.10 Å². The van der Waals surface area contributed by atoms with Crippen molar-refractivity contribution in [2.24, 2.45) is 5.10 Å². The molecule has 0 bridgehead atoms. The van der Waals surface area contributed by atoms with Crippen molar-refractivity contribution in [3.8, 4) is 0 Å². The quantitative estimate of drug-likeness (QED) is 0.667. The standard InChI is InChI=1S/C14H11ClN2O/c15-13-9-5-4-8-12(13)14(18)17-16-10-11-6-2-1-3-7-11/h1-10H,(H,17,18). The summed E-state index contributed by atoms with van der Waals surface area (Å²) in [5.74, 6) is -0.326. The average Bonchev–Trinajstić information content (AvgIpc) is 2.40. The summed E-state index contributed by atoms with van der Waals surface area (Å²) in [6, 6.07) is 16.3. The number of hydrogen-bond acceptors (Lipinski definition) is 2. The van der Waals surface area contributed by atoms with Crippen molar-refractivity contribution in [1.29, 1.82) is 0 Å². The molecule has 0 aromatic heterocycles. The first-order valence-electron chi connectivity index (χ1n) is 5.40. The first-order valence-corrected chi connectivity index (χ1v) is 5.78. The Morgan fingerprint density at radius 1 is 1.06 bits per heavy atom. The number of nitrogens with zero attached hydrogens (tertiary/aromatic N) is 1. The first kappa shape index (κ1) is 12.3. The molecule has 2 rings (SSSR count). The Morgan fingerprint density at radius 2 is 1.72 bits per heavy atom. The lowest BCUT2D eigenvalue weighted by Crippen LogP contribution is -2.17. The summed E-state index contributed by atoms with van der Waals surface area (Å²) >= 11 is 5.90. The summed E-state index contributed by atoms with van der Waals surface area (Å²) in [5.41, 5.74) is 3.76. The predicted molar refractivity (Wildman–Crippen MR) is 73.0 cm³/mol. The van der Waals surface area contributed by atoms with E-state index in [0.29, 0.717) is 10.6 Å². The molecule has 0 aliphatic rings. The van der Waals surface area contributed by atoms with Crippen LogP contribution in [0.25, 0.3) is 0 Å². The molecule has 0 heterocycles. The van der Waals surface area contributed by atoms with Gasteiger partial charge in [0, 0.05) is 0 Å². The number of nitrogens with one attached hydrogen (secondary N) is 1. The van der Waals surface area contributed by atoms with Crippen LogP contribution >= 0.6 is 11.6 Å². The van der Waals surface area contributed by atoms with E-state index in [1.807, 2.05) is 30.3 Å². The number of hydrazone groups is 1. The zero-order chi connectivity index (χ0) is 12.8. The predicted octanol–water partition coefficient (Wildman–Crippen LogP) is 3.10. The highest BCUT2D eigenvalue weighted by molar-refractivity contribution is 6.33. The fraction of sp³-hybridized carbons (Fsp3) is 0. The molecule has 0 aliphatic carbocycles. The summed E-state index contributed by atoms with van der Waals surface area (Å²) in [6.45, 7) is 0. The number of amides is 1. The molecular formula is C14H11ClN2O. The van der Waals surface area contributed by atoms with Crippen molar-refractivity contribution in [2.75, 3.05) is 0 Å². The number of hydrogen-bond donors (Lipinski definition) is 1. The molecule has 0 saturated carbocycles. The summed E-state index contributed by atoms with van der Waals surface area (Å²) in [7, 11) is 0. The normalized spacial score (nSPS) is 10.5. The van der Waals surface area contributed by atoms with Crippen LogP contribution in [0.3, 0.4) is 0 Å². The van der Waals surface area contributed by atoms with Crippen LogP contribution in [0.1, 0.15) is 15.9 Å². The van der Waals surface area contributed by atoms with Crippen molar-refractivity contribution < 1.29 is 4.79 Å². The van der Waals surface area contributed by atoms with E-state index in [4.69, 9.17) is 11.6 Å². The molecule has 1 amide bonds. The third-order valence-corrected chi connectivity index (χ3v) is 2.63. The van der Waals surface area contributed by atoms with Crippen LogP contribution in [-0.2, 0) is 0 Å². The molecule has 0 aliphatic heterocycles. The SMILES string of the molecule is O=C(NN=Cc1ccccc1)c1ccccc1Cl. The van der Waals surface area contributed by atoms with Gasteiger partial charge in [-0.25, -0.2) is 5.43 Å². The van der Waals surface area contributed by atoms with Gasteiger partial charge >= 0.3 is 0 Å². The van der Waals surface area contributed by atoms with Gasteiger partial charge < -0.3 is 0 Å². The van der Waals surface area contributed by atoms with E-state index in [0.717, 1.165) is 5.56 Å². The number of benzene rings is 2. The van der Waals surface area contributed by atoms with E-state index in [1.165, 1.54) is 0 Å². The Bertz CT molecular complexity index is 567. The Kier molecular flexibility index (Phi) is 4.10. The lowest BCUT2D eigenvalue weighted by molar-refractivity contribution is 0.0955. The molecule has 4 heteroatoms. The molecule has 0 radical (unpaired) electrons. The molecule has 90 valence electrons. The molecule has 2 aromatic carbocycles. The maximum atomic E-state index is 11.7. The summed E-state index contributed by atoms with van der Waals surface area (Å²) in [5, 5.41) is 4.28. The number of carbonyl (C=O) groups excluding carboxylic acids is 1. The van der Waals surface area contributed by atoms with Crippen LogP contribution in [0.5, 0.6) is 0 Å². The van der Waals surface area contributed by atoms with Crippen molar-refractivity contribution in [3.05, 3.63) is 70.7 Å². The van der Waals surface area contributed by atoms with Gasteiger partial charge in [0.2, 0.25) is 0 Å². The van der Waals surface area contributed by atoms with Gasteiger partial charge in [0.15, 0.2) is 0 Å². The maximum absolute atomic E-state index is 11.7. The van der Waals surface area contributed by atoms with Gasteiger partial charge in [-0.1, -0.05) is 54.1 Å². The van der Waals surface area contributed by atoms with Gasteiger partial charge in [0.05, 0.1) is 16.8 Å². The van der Waals surface area contributed by atoms with E-state index < -0.39 is 0 Å². The number of carbonyl (C=O) groups is 1. The zero-order valence-electron chi connectivity index (χ0n) is 9.51. The molecule has 2 aromatic rings. The van der Waals surface area contributed by atoms with Crippen LogP contribution < -0.4 is 5.43 Å². The van der Waals surface area contributed by atoms with Gasteiger partial charge in [-0.05, 0) is 17.7 Å². The lowest BCUT2D eigenvalue weighted by Gasteiger charge is -2.01. The Hall–Kier alpha value is -2.13. The van der Waals surface area contributed by atoms with Crippen molar-refractivity contribution in [2.45, 2.75) is 0 Å². The molecule has 1 N–H and O–H groups in total. The highest BCUT2D eigenvalue weighted by Gasteiger charge is 2.07. The molecule has 0 fully saturated rings. The topological polar surface area (TPSA) is 41.5 Å². The molecule has 0 atom stereocenters. The summed E-state index contributed by atoms with van der Waals surface area (Å²) in [4.78, 5) is 11.7. The lowest BCUT2D eigenvalue weighted by atomic mass is 10.2. The second-order valence-electron chi connectivity index (χ2n) is 3.59. The molecular weight excluding hydrogens is 248 g/mol. The molecule has 0 saturated heterocycles. The van der Waals surface area contributed by atoms with Crippen LogP contribution in [0.15, 0.2) is 59.7 Å². The second kappa shape index (κ2) is 5.98. The largest absolute Gasteiger partial charge is 0.272 e. The van der Waals surface area contributed by atoms with Gasteiger partial charge in [0.1, 0.15) is 0 Å². The van der Waals surface area contributed by atoms with Crippen LogP contribution in [-0.4, -0.2) is 12.1 Å². The first-order chi connectivity index (χ1) is 8.77. The zero-order valence-corrected chi connectivity index (χ0v) is 10.3. The molecule has 0 spiro atoms. The highest BCUT2D eigenvalue weighted by atomic mass is 35.5. The van der Waals surface area contributed by atoms with Crippen LogP contribution in [0.4, 0.5) is 0 Å². The van der Waals surface area contributed by atoms with E-state index in [1.54, 1.807) is 30.5 Å². The van der Waals surface area contributed by atoms with E-state index in [-0.39, 0.29) is 5.91 Å². The van der Waals surface area contributed by atoms with Crippen molar-refractivity contribution >= 4 is 23.7 Å².